The van der Waals surface area contributed by atoms with Gasteiger partial charge in [-0.25, -0.2) is 32.9 Å². The Kier molecular flexibility index (Phi) is 7.60. The van der Waals surface area contributed by atoms with Gasteiger partial charge in [0.2, 0.25) is 10.0 Å². The van der Waals surface area contributed by atoms with Crippen molar-refractivity contribution in [2.24, 2.45) is 5.92 Å². The van der Waals surface area contributed by atoms with Crippen LogP contribution in [0.3, 0.4) is 0 Å². The Hall–Kier alpha value is -2.81. The third-order valence-corrected chi connectivity index (χ3v) is 7.89. The molecule has 1 aliphatic rings. The SMILES string of the molecule is CS(=O)(=O)NCc1nc(NC(=O)Nc2ncccc2C(=O)C2CCCC2)sc1Sc1ncc[nH]1. The van der Waals surface area contributed by atoms with Crippen LogP contribution in [0.4, 0.5) is 15.7 Å². The summed E-state index contributed by atoms with van der Waals surface area (Å²) in [5, 5.41) is 6.15. The van der Waals surface area contributed by atoms with Gasteiger partial charge in [-0.2, -0.15) is 0 Å². The van der Waals surface area contributed by atoms with Crippen molar-refractivity contribution >= 4 is 55.9 Å². The number of carbonyl (C=O) groups is 2. The zero-order valence-electron chi connectivity index (χ0n) is 18.2. The van der Waals surface area contributed by atoms with Gasteiger partial charge < -0.3 is 4.98 Å². The molecule has 3 heterocycles. The molecule has 34 heavy (non-hydrogen) atoms. The van der Waals surface area contributed by atoms with Crippen molar-refractivity contribution in [3.05, 3.63) is 42.0 Å². The lowest BCUT2D eigenvalue weighted by Crippen LogP contribution is -2.23. The van der Waals surface area contributed by atoms with Gasteiger partial charge in [0.15, 0.2) is 16.1 Å². The number of nitrogens with zero attached hydrogens (tertiary/aromatic N) is 3. The number of amides is 2. The summed E-state index contributed by atoms with van der Waals surface area (Å²) in [6, 6.07) is 2.73. The Labute approximate surface area is 204 Å². The van der Waals surface area contributed by atoms with E-state index in [-0.39, 0.29) is 29.2 Å². The fraction of sp³-hybridized carbons (Fsp3) is 0.350. The molecule has 0 aliphatic heterocycles. The van der Waals surface area contributed by atoms with E-state index in [9.17, 15) is 18.0 Å². The maximum Gasteiger partial charge on any atom is 0.326 e. The number of nitrogens with one attached hydrogen (secondary N) is 4. The minimum atomic E-state index is -3.43. The molecule has 0 spiro atoms. The third kappa shape index (κ3) is 6.40. The fourth-order valence-corrected chi connectivity index (χ4v) is 5.93. The molecule has 1 aliphatic carbocycles. The average Bonchev–Trinajstić information content (AvgIpc) is 3.55. The second-order valence-electron chi connectivity index (χ2n) is 7.67. The van der Waals surface area contributed by atoms with E-state index in [2.05, 4.69) is 35.3 Å². The van der Waals surface area contributed by atoms with Crippen LogP contribution in [0.15, 0.2) is 40.1 Å². The molecule has 3 aromatic heterocycles. The first-order valence-corrected chi connectivity index (χ1v) is 14.0. The summed E-state index contributed by atoms with van der Waals surface area (Å²) >= 11 is 2.45. The second-order valence-corrected chi connectivity index (χ2v) is 11.8. The van der Waals surface area contributed by atoms with E-state index in [1.54, 1.807) is 24.5 Å². The van der Waals surface area contributed by atoms with Crippen molar-refractivity contribution in [1.82, 2.24) is 24.7 Å². The first-order chi connectivity index (χ1) is 16.3. The van der Waals surface area contributed by atoms with Crippen LogP contribution in [0.25, 0.3) is 0 Å². The monoisotopic (exact) mass is 521 g/mol. The molecule has 0 saturated heterocycles. The molecule has 2 amide bonds. The van der Waals surface area contributed by atoms with E-state index < -0.39 is 16.1 Å². The van der Waals surface area contributed by atoms with Crippen molar-refractivity contribution in [3.63, 3.8) is 0 Å². The van der Waals surface area contributed by atoms with Crippen LogP contribution >= 0.6 is 23.1 Å². The molecule has 0 radical (unpaired) electrons. The Morgan fingerprint density at radius 3 is 2.71 bits per heavy atom. The number of ketones is 1. The van der Waals surface area contributed by atoms with Gasteiger partial charge in [0.05, 0.1) is 28.3 Å². The average molecular weight is 522 g/mol. The minimum Gasteiger partial charge on any atom is -0.339 e. The van der Waals surface area contributed by atoms with Crippen LogP contribution in [-0.4, -0.2) is 46.4 Å². The highest BCUT2D eigenvalue weighted by Gasteiger charge is 2.26. The summed E-state index contributed by atoms with van der Waals surface area (Å²) in [6.07, 6.45) is 9.58. The van der Waals surface area contributed by atoms with Crippen LogP contribution in [-0.2, 0) is 16.6 Å². The highest BCUT2D eigenvalue weighted by molar-refractivity contribution is 8.01. The number of pyridine rings is 1. The molecular weight excluding hydrogens is 498 g/mol. The summed E-state index contributed by atoms with van der Waals surface area (Å²) in [4.78, 5) is 41.2. The Balaban J connectivity index is 1.48. The number of urea groups is 1. The molecule has 0 atom stereocenters. The van der Waals surface area contributed by atoms with E-state index in [4.69, 9.17) is 0 Å². The summed E-state index contributed by atoms with van der Waals surface area (Å²) in [6.45, 7) is -0.0397. The van der Waals surface area contributed by atoms with Crippen LogP contribution in [0.5, 0.6) is 0 Å². The Morgan fingerprint density at radius 2 is 2.00 bits per heavy atom. The summed E-state index contributed by atoms with van der Waals surface area (Å²) < 4.78 is 26.1. The molecule has 1 fully saturated rings. The highest BCUT2D eigenvalue weighted by atomic mass is 32.2. The molecule has 180 valence electrons. The second kappa shape index (κ2) is 10.6. The molecule has 0 bridgehead atoms. The number of carbonyl (C=O) groups excluding carboxylic acids is 2. The van der Waals surface area contributed by atoms with Gasteiger partial charge in [0, 0.05) is 24.5 Å². The predicted molar refractivity (Wildman–Crippen MR) is 130 cm³/mol. The van der Waals surface area contributed by atoms with Gasteiger partial charge in [0.25, 0.3) is 0 Å². The summed E-state index contributed by atoms with van der Waals surface area (Å²) in [5.41, 5.74) is 0.831. The summed E-state index contributed by atoms with van der Waals surface area (Å²) in [5.74, 6) is 0.136. The van der Waals surface area contributed by atoms with Gasteiger partial charge in [-0.15, -0.1) is 0 Å². The Bertz CT molecular complexity index is 1270. The van der Waals surface area contributed by atoms with Crippen molar-refractivity contribution in [2.45, 2.75) is 41.6 Å². The number of imidazole rings is 1. The third-order valence-electron chi connectivity index (χ3n) is 5.08. The van der Waals surface area contributed by atoms with E-state index >= 15 is 0 Å². The normalized spacial score (nSPS) is 14.3. The Morgan fingerprint density at radius 1 is 1.21 bits per heavy atom. The first kappa shape index (κ1) is 24.3. The maximum atomic E-state index is 12.9. The number of H-pyrrole nitrogens is 1. The van der Waals surface area contributed by atoms with E-state index in [0.29, 0.717) is 20.6 Å². The number of sulfonamides is 1. The molecule has 14 heteroatoms. The number of anilines is 2. The fourth-order valence-electron chi connectivity index (χ4n) is 3.52. The molecular formula is C20H23N7O4S3. The number of rotatable bonds is 9. The lowest BCUT2D eigenvalue weighted by Gasteiger charge is -2.12. The van der Waals surface area contributed by atoms with Crippen LogP contribution in [0, 0.1) is 5.92 Å². The van der Waals surface area contributed by atoms with E-state index in [0.717, 1.165) is 31.9 Å². The highest BCUT2D eigenvalue weighted by Crippen LogP contribution is 2.36. The van der Waals surface area contributed by atoms with Crippen LogP contribution in [0.1, 0.15) is 41.7 Å². The van der Waals surface area contributed by atoms with Crippen molar-refractivity contribution in [2.75, 3.05) is 16.9 Å². The number of hydrogen-bond acceptors (Lipinski definition) is 9. The minimum absolute atomic E-state index is 0.0126. The lowest BCUT2D eigenvalue weighted by atomic mass is 9.97. The predicted octanol–water partition coefficient (Wildman–Crippen LogP) is 3.48. The molecule has 4 rings (SSSR count). The number of thiazole rings is 1. The zero-order valence-corrected chi connectivity index (χ0v) is 20.6. The molecule has 3 aromatic rings. The largest absolute Gasteiger partial charge is 0.339 e. The number of hydrogen-bond donors (Lipinski definition) is 4. The quantitative estimate of drug-likeness (QED) is 0.312. The maximum absolute atomic E-state index is 12.9. The van der Waals surface area contributed by atoms with Gasteiger partial charge in [-0.3, -0.25) is 15.4 Å². The standard InChI is InChI=1S/C20H23N7O4S3/c1-34(30,31)24-11-14-17(32-19-22-9-10-23-19)33-20(25-14)27-18(29)26-16-13(7-4-8-21-16)15(28)12-5-2-3-6-12/h4,7-10,12,24H,2-3,5-6,11H2,1H3,(H,22,23)(H2,21,25,26,27,29). The molecule has 11 nitrogen and oxygen atoms in total. The first-order valence-electron chi connectivity index (χ1n) is 10.5. The molecule has 4 N–H and O–H groups in total. The van der Waals surface area contributed by atoms with Crippen LogP contribution in [0.2, 0.25) is 0 Å². The lowest BCUT2D eigenvalue weighted by molar-refractivity contribution is 0.0923. The van der Waals surface area contributed by atoms with Gasteiger partial charge in [-0.1, -0.05) is 24.2 Å². The molecule has 0 unspecified atom stereocenters. The molecule has 0 aromatic carbocycles. The number of aromatic nitrogens is 4. The van der Waals surface area contributed by atoms with E-state index in [1.165, 1.54) is 29.3 Å². The van der Waals surface area contributed by atoms with Crippen LogP contribution < -0.4 is 15.4 Å². The van der Waals surface area contributed by atoms with Gasteiger partial charge in [0.1, 0.15) is 5.82 Å². The van der Waals surface area contributed by atoms with Crippen molar-refractivity contribution < 1.29 is 18.0 Å². The number of Topliss-reactive ketones (excluding diaryl/α,β-unsaturated/α-hetero) is 1. The molecule has 1 saturated carbocycles. The van der Waals surface area contributed by atoms with Gasteiger partial charge in [-0.05, 0) is 36.7 Å². The number of aromatic amines is 1. The topological polar surface area (TPSA) is 159 Å². The van der Waals surface area contributed by atoms with Crippen molar-refractivity contribution in [3.8, 4) is 0 Å². The zero-order chi connectivity index (χ0) is 24.1. The van der Waals surface area contributed by atoms with E-state index in [1.807, 2.05) is 0 Å². The smallest absolute Gasteiger partial charge is 0.326 e. The van der Waals surface area contributed by atoms with Crippen molar-refractivity contribution in [1.29, 1.82) is 0 Å². The van der Waals surface area contributed by atoms with Gasteiger partial charge >= 0.3 is 6.03 Å². The summed E-state index contributed by atoms with van der Waals surface area (Å²) in [7, 11) is -3.43.